The van der Waals surface area contributed by atoms with E-state index in [4.69, 9.17) is 17.3 Å². The summed E-state index contributed by atoms with van der Waals surface area (Å²) in [7, 11) is 0. The van der Waals surface area contributed by atoms with E-state index < -0.39 is 29.1 Å². The fraction of sp³-hybridized carbons (Fsp3) is 0.211. The van der Waals surface area contributed by atoms with Gasteiger partial charge < -0.3 is 21.1 Å². The number of anilines is 1. The highest BCUT2D eigenvalue weighted by molar-refractivity contribution is 6.30. The van der Waals surface area contributed by atoms with Crippen LogP contribution in [-0.4, -0.2) is 35.0 Å². The maximum absolute atomic E-state index is 13.4. The van der Waals surface area contributed by atoms with Gasteiger partial charge in [-0.3, -0.25) is 14.4 Å². The minimum Gasteiger partial charge on any atom is -0.372 e. The molecule has 1 aliphatic rings. The summed E-state index contributed by atoms with van der Waals surface area (Å²) in [6.07, 6.45) is -0.137. The Balaban J connectivity index is 1.73. The van der Waals surface area contributed by atoms with Crippen LogP contribution in [0.25, 0.3) is 0 Å². The number of rotatable bonds is 5. The Morgan fingerprint density at radius 1 is 1.29 bits per heavy atom. The van der Waals surface area contributed by atoms with Crippen molar-refractivity contribution >= 4 is 35.0 Å². The van der Waals surface area contributed by atoms with E-state index >= 15 is 0 Å². The number of nitrogens with zero attached hydrogens (tertiary/aromatic N) is 1. The van der Waals surface area contributed by atoms with E-state index in [1.165, 1.54) is 29.2 Å². The first-order chi connectivity index (χ1) is 13.2. The number of hydrogen-bond donors (Lipinski definition) is 3. The Hall–Kier alpha value is -2.97. The summed E-state index contributed by atoms with van der Waals surface area (Å²) in [5.74, 6) is -2.93. The molecule has 0 aromatic heterocycles. The van der Waals surface area contributed by atoms with Gasteiger partial charge in [0.15, 0.2) is 0 Å². The molecule has 1 saturated heterocycles. The molecule has 0 radical (unpaired) electrons. The summed E-state index contributed by atoms with van der Waals surface area (Å²) in [4.78, 5) is 37.7. The van der Waals surface area contributed by atoms with Crippen molar-refractivity contribution in [3.8, 4) is 0 Å². The van der Waals surface area contributed by atoms with E-state index in [-0.39, 0.29) is 30.1 Å². The average molecular weight is 406 g/mol. The van der Waals surface area contributed by atoms with Crippen LogP contribution in [0.2, 0.25) is 5.02 Å². The van der Waals surface area contributed by atoms with Crippen molar-refractivity contribution in [2.75, 3.05) is 11.4 Å². The lowest BCUT2D eigenvalue weighted by Gasteiger charge is -2.22. The zero-order valence-electron chi connectivity index (χ0n) is 14.6. The van der Waals surface area contributed by atoms with Crippen molar-refractivity contribution in [2.45, 2.75) is 18.6 Å². The molecule has 1 aliphatic heterocycles. The predicted molar refractivity (Wildman–Crippen MR) is 100 cm³/mol. The van der Waals surface area contributed by atoms with Crippen LogP contribution in [0.3, 0.4) is 0 Å². The van der Waals surface area contributed by atoms with E-state index in [2.05, 4.69) is 5.32 Å². The largest absolute Gasteiger partial charge is 0.372 e. The predicted octanol–water partition coefficient (Wildman–Crippen LogP) is 1.36. The Labute approximate surface area is 164 Å². The van der Waals surface area contributed by atoms with Gasteiger partial charge in [-0.1, -0.05) is 17.7 Å². The highest BCUT2D eigenvalue weighted by Gasteiger charge is 2.51. The molecular formula is C19H17ClFN3O4. The third-order valence-corrected chi connectivity index (χ3v) is 4.71. The van der Waals surface area contributed by atoms with Crippen molar-refractivity contribution in [1.29, 1.82) is 0 Å². The Morgan fingerprint density at radius 2 is 2.04 bits per heavy atom. The van der Waals surface area contributed by atoms with Crippen molar-refractivity contribution in [1.82, 2.24) is 5.32 Å². The Bertz CT molecular complexity index is 948. The van der Waals surface area contributed by atoms with Crippen molar-refractivity contribution in [3.63, 3.8) is 0 Å². The van der Waals surface area contributed by atoms with Gasteiger partial charge in [0.25, 0.3) is 11.8 Å². The number of benzene rings is 2. The highest BCUT2D eigenvalue weighted by Crippen LogP contribution is 2.29. The smallest absolute Gasteiger partial charge is 0.268 e. The van der Waals surface area contributed by atoms with Gasteiger partial charge in [-0.2, -0.15) is 0 Å². The second-order valence-electron chi connectivity index (χ2n) is 6.44. The summed E-state index contributed by atoms with van der Waals surface area (Å²) in [5.41, 5.74) is 3.92. The van der Waals surface area contributed by atoms with Gasteiger partial charge in [0, 0.05) is 35.8 Å². The van der Waals surface area contributed by atoms with Crippen LogP contribution in [0.15, 0.2) is 42.5 Å². The lowest BCUT2D eigenvalue weighted by atomic mass is 10.0. The number of nitrogens with one attached hydrogen (secondary N) is 1. The molecule has 28 heavy (non-hydrogen) atoms. The number of nitrogens with two attached hydrogens (primary N) is 1. The summed E-state index contributed by atoms with van der Waals surface area (Å²) < 4.78 is 13.4. The van der Waals surface area contributed by atoms with Crippen LogP contribution in [0.1, 0.15) is 22.3 Å². The molecule has 1 heterocycles. The first-order valence-electron chi connectivity index (χ1n) is 8.38. The molecule has 0 saturated carbocycles. The van der Waals surface area contributed by atoms with E-state index in [9.17, 15) is 23.9 Å². The van der Waals surface area contributed by atoms with E-state index in [1.54, 1.807) is 12.1 Å². The fourth-order valence-corrected chi connectivity index (χ4v) is 3.28. The van der Waals surface area contributed by atoms with E-state index in [1.807, 2.05) is 0 Å². The molecule has 0 aliphatic carbocycles. The first-order valence-corrected chi connectivity index (χ1v) is 8.76. The Morgan fingerprint density at radius 3 is 2.71 bits per heavy atom. The lowest BCUT2D eigenvalue weighted by molar-refractivity contribution is -0.149. The minimum atomic E-state index is -2.26. The standard InChI is InChI=1S/C19H17ClFN3O4/c20-13-6-11(7-14(21)9-13)10-23-17(26)19(28)4-5-24(18(19)27)15-3-1-2-12(8-15)16(22)25/h1-3,6-9,28H,4-5,10H2,(H2,22,25)(H,23,26). The number of carbonyl (C=O) groups excluding carboxylic acids is 3. The zero-order valence-corrected chi connectivity index (χ0v) is 15.4. The molecule has 0 bridgehead atoms. The molecule has 7 nitrogen and oxygen atoms in total. The minimum absolute atomic E-state index is 0.0801. The molecule has 9 heteroatoms. The van der Waals surface area contributed by atoms with Crippen LogP contribution in [0.5, 0.6) is 0 Å². The van der Waals surface area contributed by atoms with Gasteiger partial charge in [0.1, 0.15) is 5.82 Å². The zero-order chi connectivity index (χ0) is 20.5. The SMILES string of the molecule is NC(=O)c1cccc(N2CCC(O)(C(=O)NCc3cc(F)cc(Cl)c3)C2=O)c1. The third-order valence-electron chi connectivity index (χ3n) is 4.49. The molecule has 1 fully saturated rings. The van der Waals surface area contributed by atoms with Crippen LogP contribution in [0, 0.1) is 5.82 Å². The number of primary amides is 1. The topological polar surface area (TPSA) is 113 Å². The number of halogens is 2. The van der Waals surface area contributed by atoms with Crippen molar-refractivity contribution in [3.05, 3.63) is 64.4 Å². The van der Waals surface area contributed by atoms with Crippen molar-refractivity contribution < 1.29 is 23.9 Å². The number of hydrogen-bond acceptors (Lipinski definition) is 4. The number of carbonyl (C=O) groups is 3. The average Bonchev–Trinajstić information content (AvgIpc) is 2.95. The molecular weight excluding hydrogens is 389 g/mol. The van der Waals surface area contributed by atoms with Crippen molar-refractivity contribution in [2.24, 2.45) is 5.73 Å². The van der Waals surface area contributed by atoms with Gasteiger partial charge in [-0.05, 0) is 42.0 Å². The lowest BCUT2D eigenvalue weighted by Crippen LogP contribution is -2.52. The van der Waals surface area contributed by atoms with E-state index in [0.29, 0.717) is 11.3 Å². The summed E-state index contributed by atoms with van der Waals surface area (Å²) >= 11 is 5.77. The van der Waals surface area contributed by atoms with Gasteiger partial charge in [-0.25, -0.2) is 4.39 Å². The van der Waals surface area contributed by atoms with Crippen LogP contribution < -0.4 is 16.0 Å². The third kappa shape index (κ3) is 3.83. The maximum Gasteiger partial charge on any atom is 0.268 e. The highest BCUT2D eigenvalue weighted by atomic mass is 35.5. The van der Waals surface area contributed by atoms with Crippen LogP contribution in [0.4, 0.5) is 10.1 Å². The molecule has 1 unspecified atom stereocenters. The second-order valence-corrected chi connectivity index (χ2v) is 6.88. The van der Waals surface area contributed by atoms with Crippen LogP contribution in [-0.2, 0) is 16.1 Å². The number of amides is 3. The molecule has 1 atom stereocenters. The number of aliphatic hydroxyl groups is 1. The molecule has 146 valence electrons. The molecule has 0 spiro atoms. The van der Waals surface area contributed by atoms with Gasteiger partial charge in [0.2, 0.25) is 11.5 Å². The quantitative estimate of drug-likeness (QED) is 0.652. The summed E-state index contributed by atoms with van der Waals surface area (Å²) in [6, 6.07) is 9.81. The van der Waals surface area contributed by atoms with E-state index in [0.717, 1.165) is 6.07 Å². The fourth-order valence-electron chi connectivity index (χ4n) is 3.03. The molecule has 2 aromatic carbocycles. The summed E-state index contributed by atoms with van der Waals surface area (Å²) in [5, 5.41) is 13.2. The summed E-state index contributed by atoms with van der Waals surface area (Å²) in [6.45, 7) is -0.0280. The molecule has 4 N–H and O–H groups in total. The maximum atomic E-state index is 13.4. The monoisotopic (exact) mass is 405 g/mol. The normalized spacial score (nSPS) is 19.0. The molecule has 3 rings (SSSR count). The Kier molecular flexibility index (Phi) is 5.35. The molecule has 3 amide bonds. The van der Waals surface area contributed by atoms with Gasteiger partial charge in [0.05, 0.1) is 0 Å². The van der Waals surface area contributed by atoms with Gasteiger partial charge >= 0.3 is 0 Å². The first kappa shape index (κ1) is 19.8. The van der Waals surface area contributed by atoms with Crippen LogP contribution >= 0.6 is 11.6 Å². The molecule has 2 aromatic rings. The second kappa shape index (κ2) is 7.57. The van der Waals surface area contributed by atoms with Gasteiger partial charge in [-0.15, -0.1) is 0 Å².